The van der Waals surface area contributed by atoms with Crippen LogP contribution in [0, 0.1) is 0 Å². The molecule has 108 valence electrons. The molecule has 0 saturated heterocycles. The second-order valence-electron chi connectivity index (χ2n) is 4.13. The molecule has 0 N–H and O–H groups in total. The number of aromatic nitrogens is 4. The number of thioether (sulfide) groups is 1. The number of benzene rings is 1. The summed E-state index contributed by atoms with van der Waals surface area (Å²) in [5, 5.41) is 12.4. The highest BCUT2D eigenvalue weighted by Crippen LogP contribution is 2.26. The van der Waals surface area contributed by atoms with Crippen molar-refractivity contribution in [3.8, 4) is 11.5 Å². The van der Waals surface area contributed by atoms with E-state index in [1.54, 1.807) is 0 Å². The third kappa shape index (κ3) is 3.51. The molecule has 0 aliphatic heterocycles. The van der Waals surface area contributed by atoms with Crippen molar-refractivity contribution in [2.45, 2.75) is 24.3 Å². The van der Waals surface area contributed by atoms with Crippen LogP contribution in [-0.2, 0) is 12.2 Å². The average Bonchev–Trinajstić information content (AvgIpc) is 3.14. The van der Waals surface area contributed by atoms with Crippen molar-refractivity contribution < 1.29 is 8.94 Å². The first-order chi connectivity index (χ1) is 10.2. The largest absolute Gasteiger partial charge is 0.411 e. The van der Waals surface area contributed by atoms with Gasteiger partial charge in [0.15, 0.2) is 5.82 Å². The molecule has 0 spiro atoms. The number of hydrogen-bond acceptors (Lipinski definition) is 7. The van der Waals surface area contributed by atoms with Crippen LogP contribution in [0.4, 0.5) is 0 Å². The van der Waals surface area contributed by atoms with Crippen LogP contribution in [0.3, 0.4) is 0 Å². The summed E-state index contributed by atoms with van der Waals surface area (Å²) in [5.41, 5.74) is 0.870. The Balaban J connectivity index is 1.67. The third-order valence-corrected chi connectivity index (χ3v) is 3.92. The quantitative estimate of drug-likeness (QED) is 0.636. The van der Waals surface area contributed by atoms with Crippen molar-refractivity contribution in [1.82, 2.24) is 20.3 Å². The minimum atomic E-state index is 0.473. The lowest BCUT2D eigenvalue weighted by atomic mass is 10.2. The van der Waals surface area contributed by atoms with Crippen LogP contribution in [0.5, 0.6) is 0 Å². The standard InChI is InChI=1S/C13H11BrN4O2S/c1-2-10-15-11(20-18-10)7-21-13-17-16-12(19-13)8-4-3-5-9(14)6-8/h3-6H,2,7H2,1H3. The van der Waals surface area contributed by atoms with Gasteiger partial charge in [-0.2, -0.15) is 4.98 Å². The summed E-state index contributed by atoms with van der Waals surface area (Å²) in [6.45, 7) is 1.98. The molecule has 0 bridgehead atoms. The van der Waals surface area contributed by atoms with E-state index < -0.39 is 0 Å². The molecule has 2 heterocycles. The summed E-state index contributed by atoms with van der Waals surface area (Å²) in [6, 6.07) is 7.70. The highest BCUT2D eigenvalue weighted by molar-refractivity contribution is 9.10. The van der Waals surface area contributed by atoms with E-state index in [1.165, 1.54) is 11.8 Å². The Morgan fingerprint density at radius 2 is 2.19 bits per heavy atom. The molecule has 0 unspecified atom stereocenters. The van der Waals surface area contributed by atoms with Gasteiger partial charge in [-0.15, -0.1) is 10.2 Å². The minimum absolute atomic E-state index is 0.473. The van der Waals surface area contributed by atoms with Gasteiger partial charge in [-0.25, -0.2) is 0 Å². The SMILES string of the molecule is CCc1noc(CSc2nnc(-c3cccc(Br)c3)o2)n1. The van der Waals surface area contributed by atoms with Crippen LogP contribution in [0.2, 0.25) is 0 Å². The van der Waals surface area contributed by atoms with Crippen LogP contribution >= 0.6 is 27.7 Å². The first-order valence-electron chi connectivity index (χ1n) is 6.28. The molecule has 3 aromatic rings. The fourth-order valence-electron chi connectivity index (χ4n) is 1.62. The predicted molar refractivity (Wildman–Crippen MR) is 80.7 cm³/mol. The molecule has 21 heavy (non-hydrogen) atoms. The van der Waals surface area contributed by atoms with E-state index in [0.717, 1.165) is 16.5 Å². The highest BCUT2D eigenvalue weighted by atomic mass is 79.9. The lowest BCUT2D eigenvalue weighted by Crippen LogP contribution is -1.84. The van der Waals surface area contributed by atoms with Gasteiger partial charge in [0.05, 0.1) is 5.75 Å². The highest BCUT2D eigenvalue weighted by Gasteiger charge is 2.12. The van der Waals surface area contributed by atoms with Crippen molar-refractivity contribution in [3.63, 3.8) is 0 Å². The van der Waals surface area contributed by atoms with E-state index in [9.17, 15) is 0 Å². The van der Waals surface area contributed by atoms with Crippen LogP contribution in [0.15, 0.2) is 42.9 Å². The van der Waals surface area contributed by atoms with Gasteiger partial charge in [0.1, 0.15) is 0 Å². The van der Waals surface area contributed by atoms with Crippen LogP contribution in [0.1, 0.15) is 18.6 Å². The van der Waals surface area contributed by atoms with Gasteiger partial charge in [-0.05, 0) is 18.2 Å². The summed E-state index contributed by atoms with van der Waals surface area (Å²) in [5.74, 6) is 2.25. The van der Waals surface area contributed by atoms with Crippen molar-refractivity contribution >= 4 is 27.7 Å². The number of hydrogen-bond donors (Lipinski definition) is 0. The Morgan fingerprint density at radius 3 is 2.95 bits per heavy atom. The second-order valence-corrected chi connectivity index (χ2v) is 5.97. The molecule has 1 aromatic carbocycles. The number of rotatable bonds is 5. The van der Waals surface area contributed by atoms with E-state index in [2.05, 4.69) is 36.3 Å². The topological polar surface area (TPSA) is 77.8 Å². The Kier molecular flexibility index (Phi) is 4.35. The summed E-state index contributed by atoms with van der Waals surface area (Å²) < 4.78 is 11.7. The van der Waals surface area contributed by atoms with E-state index in [1.807, 2.05) is 31.2 Å². The molecule has 2 aromatic heterocycles. The van der Waals surface area contributed by atoms with Gasteiger partial charge in [-0.1, -0.05) is 45.8 Å². The van der Waals surface area contributed by atoms with Gasteiger partial charge in [0.2, 0.25) is 11.8 Å². The summed E-state index contributed by atoms with van der Waals surface area (Å²) in [7, 11) is 0. The lowest BCUT2D eigenvalue weighted by Gasteiger charge is -1.94. The minimum Gasteiger partial charge on any atom is -0.411 e. The van der Waals surface area contributed by atoms with Crippen molar-refractivity contribution in [2.24, 2.45) is 0 Å². The van der Waals surface area contributed by atoms with Crippen LogP contribution in [0.25, 0.3) is 11.5 Å². The van der Waals surface area contributed by atoms with E-state index in [4.69, 9.17) is 8.94 Å². The average molecular weight is 367 g/mol. The molecule has 6 nitrogen and oxygen atoms in total. The molecule has 0 atom stereocenters. The van der Waals surface area contributed by atoms with Crippen LogP contribution in [-0.4, -0.2) is 20.3 Å². The predicted octanol–water partition coefficient (Wildman–Crippen LogP) is 3.74. The Morgan fingerprint density at radius 1 is 1.29 bits per heavy atom. The molecule has 0 aliphatic carbocycles. The van der Waals surface area contributed by atoms with E-state index in [-0.39, 0.29) is 0 Å². The maximum atomic E-state index is 5.61. The maximum Gasteiger partial charge on any atom is 0.277 e. The van der Waals surface area contributed by atoms with Crippen molar-refractivity contribution in [1.29, 1.82) is 0 Å². The van der Waals surface area contributed by atoms with Crippen molar-refractivity contribution in [2.75, 3.05) is 0 Å². The maximum absolute atomic E-state index is 5.61. The summed E-state index contributed by atoms with van der Waals surface area (Å²) >= 11 is 4.78. The normalized spacial score (nSPS) is 11.0. The van der Waals surface area contributed by atoms with Gasteiger partial charge in [0, 0.05) is 16.5 Å². The Bertz CT molecular complexity index is 743. The zero-order valence-corrected chi connectivity index (χ0v) is 13.5. The number of halogens is 1. The molecule has 0 aliphatic rings. The van der Waals surface area contributed by atoms with E-state index in [0.29, 0.717) is 28.6 Å². The summed E-state index contributed by atoms with van der Waals surface area (Å²) in [6.07, 6.45) is 0.752. The molecule has 0 saturated carbocycles. The third-order valence-electron chi connectivity index (χ3n) is 2.62. The van der Waals surface area contributed by atoms with E-state index >= 15 is 0 Å². The molecule has 0 amide bonds. The molecule has 3 rings (SSSR count). The lowest BCUT2D eigenvalue weighted by molar-refractivity contribution is 0.384. The Labute approximate surface area is 133 Å². The number of aryl methyl sites for hydroxylation is 1. The summed E-state index contributed by atoms with van der Waals surface area (Å²) in [4.78, 5) is 4.23. The van der Waals surface area contributed by atoms with Gasteiger partial charge in [-0.3, -0.25) is 0 Å². The van der Waals surface area contributed by atoms with Gasteiger partial charge < -0.3 is 8.94 Å². The van der Waals surface area contributed by atoms with Gasteiger partial charge in [0.25, 0.3) is 5.22 Å². The second kappa shape index (κ2) is 6.40. The molecule has 0 radical (unpaired) electrons. The fourth-order valence-corrected chi connectivity index (χ4v) is 2.62. The van der Waals surface area contributed by atoms with Crippen LogP contribution < -0.4 is 0 Å². The van der Waals surface area contributed by atoms with Crippen molar-refractivity contribution in [3.05, 3.63) is 40.5 Å². The molecule has 0 fully saturated rings. The molecular formula is C13H11BrN4O2S. The molecule has 8 heteroatoms. The number of nitrogens with zero attached hydrogens (tertiary/aromatic N) is 4. The molecular weight excluding hydrogens is 356 g/mol. The zero-order valence-electron chi connectivity index (χ0n) is 11.1. The zero-order chi connectivity index (χ0) is 14.7. The Hall–Kier alpha value is -1.67. The fraction of sp³-hybridized carbons (Fsp3) is 0.231. The monoisotopic (exact) mass is 366 g/mol. The first-order valence-corrected chi connectivity index (χ1v) is 8.06. The van der Waals surface area contributed by atoms with Gasteiger partial charge >= 0.3 is 0 Å². The first kappa shape index (κ1) is 14.3. The smallest absolute Gasteiger partial charge is 0.277 e.